The van der Waals surface area contributed by atoms with Crippen LogP contribution in [0.4, 0.5) is 30.7 Å². The van der Waals surface area contributed by atoms with Crippen molar-refractivity contribution < 1.29 is 107 Å². The number of halogens is 7. The molecule has 0 N–H and O–H groups in total. The van der Waals surface area contributed by atoms with Gasteiger partial charge in [0, 0.05) is 50.0 Å². The molecule has 102 heavy (non-hydrogen) atoms. The molecule has 0 unspecified atom stereocenters. The molecule has 584 valence electrons. The summed E-state index contributed by atoms with van der Waals surface area (Å²) in [4.78, 5) is 88.2. The lowest BCUT2D eigenvalue weighted by atomic mass is 9.46. The van der Waals surface area contributed by atoms with Crippen LogP contribution in [0.15, 0.2) is 97.2 Å². The van der Waals surface area contributed by atoms with Crippen molar-refractivity contribution in [2.75, 3.05) is 19.8 Å². The Hall–Kier alpha value is -6.81. The molecule has 0 heterocycles. The van der Waals surface area contributed by atoms with Gasteiger partial charge in [0.2, 0.25) is 0 Å². The van der Waals surface area contributed by atoms with Gasteiger partial charge in [0.1, 0.15) is 22.9 Å². The Balaban J connectivity index is 0. The Labute approximate surface area is 604 Å². The molecule has 23 heteroatoms. The quantitative estimate of drug-likeness (QED) is 0.0427. The van der Waals surface area contributed by atoms with Crippen LogP contribution in [-0.4, -0.2) is 115 Å². The first-order valence-electron chi connectivity index (χ1n) is 35.4. The molecule has 7 fully saturated rings. The summed E-state index contributed by atoms with van der Waals surface area (Å²) in [6, 6.07) is 0. The second-order valence-corrected chi connectivity index (χ2v) is 29.6. The lowest BCUT2D eigenvalue weighted by Gasteiger charge is -2.61. The van der Waals surface area contributed by atoms with Gasteiger partial charge in [-0.1, -0.05) is 100 Å². The minimum absolute atomic E-state index is 0.0470. The SMILES string of the molecule is C=C(C)C(=O)OC(C)(C)C12CC3CC(CC(C3)C1)C2.C=C(C)C(=O)OC(C)C.C=C(C)C(=O)OC1(C(C)C)CCCC1.C=C(C)C(=O)OC1(CC)CCCCC1.C=C(C)C(=O)OC1CCCCC1.C=C(C)C(=O)OCC(C)C.C=C(C)C(=O)OCC(F)(F)C(F)F.C=C(C)C(=O)OCC(F)(F)F. The Kier molecular flexibility index (Phi) is 44.0. The summed E-state index contributed by atoms with van der Waals surface area (Å²) in [5.41, 5.74) is 2.23. The van der Waals surface area contributed by atoms with E-state index in [9.17, 15) is 69.1 Å². The smallest absolute Gasteiger partial charge is 0.422 e. The van der Waals surface area contributed by atoms with E-state index in [2.05, 4.69) is 96.7 Å². The van der Waals surface area contributed by atoms with Crippen LogP contribution in [0.2, 0.25) is 0 Å². The predicted molar refractivity (Wildman–Crippen MR) is 383 cm³/mol. The minimum Gasteiger partial charge on any atom is -0.462 e. The second-order valence-electron chi connectivity index (χ2n) is 29.6. The molecule has 7 saturated carbocycles. The average molecular weight is 1460 g/mol. The van der Waals surface area contributed by atoms with Crippen molar-refractivity contribution in [3.8, 4) is 0 Å². The topological polar surface area (TPSA) is 210 Å². The monoisotopic (exact) mass is 1460 g/mol. The first-order chi connectivity index (χ1) is 46.8. The molecule has 0 aromatic carbocycles. The Bertz CT molecular complexity index is 2790. The van der Waals surface area contributed by atoms with E-state index >= 15 is 0 Å². The zero-order chi connectivity index (χ0) is 79.5. The Morgan fingerprint density at radius 3 is 1.16 bits per heavy atom. The largest absolute Gasteiger partial charge is 0.462 e. The summed E-state index contributed by atoms with van der Waals surface area (Å²) in [5.74, 6) is -4.53. The number of hydrogen-bond acceptors (Lipinski definition) is 16. The van der Waals surface area contributed by atoms with Gasteiger partial charge in [-0.3, -0.25) is 0 Å². The van der Waals surface area contributed by atoms with Crippen LogP contribution in [0.3, 0.4) is 0 Å². The highest BCUT2D eigenvalue weighted by Crippen LogP contribution is 2.64. The highest BCUT2D eigenvalue weighted by Gasteiger charge is 2.59. The molecule has 7 aliphatic carbocycles. The maximum Gasteiger partial charge on any atom is 0.422 e. The molecule has 4 bridgehead atoms. The van der Waals surface area contributed by atoms with Crippen LogP contribution in [0.25, 0.3) is 0 Å². The molecule has 0 aliphatic heterocycles. The van der Waals surface area contributed by atoms with E-state index in [-0.39, 0.29) is 81.4 Å². The molecular weight excluding hydrogens is 1340 g/mol. The van der Waals surface area contributed by atoms with Gasteiger partial charge in [0.25, 0.3) is 0 Å². The van der Waals surface area contributed by atoms with E-state index in [1.807, 2.05) is 13.8 Å². The lowest BCUT2D eigenvalue weighted by molar-refractivity contribution is -0.195. The molecule has 0 amide bonds. The molecule has 0 aromatic rings. The summed E-state index contributed by atoms with van der Waals surface area (Å²) >= 11 is 0. The van der Waals surface area contributed by atoms with Crippen LogP contribution in [-0.2, 0) is 76.3 Å². The lowest BCUT2D eigenvalue weighted by Crippen LogP contribution is -2.57. The van der Waals surface area contributed by atoms with Crippen LogP contribution < -0.4 is 0 Å². The maximum atomic E-state index is 12.1. The van der Waals surface area contributed by atoms with Gasteiger partial charge in [0.05, 0.1) is 12.7 Å². The maximum absolute atomic E-state index is 12.1. The van der Waals surface area contributed by atoms with Gasteiger partial charge >= 0.3 is 66.3 Å². The average Bonchev–Trinajstić information content (AvgIpc) is 0.755. The third kappa shape index (κ3) is 38.6. The van der Waals surface area contributed by atoms with Crippen molar-refractivity contribution in [3.63, 3.8) is 0 Å². The molecular formula is C79H123F7O16. The molecule has 7 aliphatic rings. The number of rotatable bonds is 22. The first kappa shape index (κ1) is 97.2. The summed E-state index contributed by atoms with van der Waals surface area (Å²) in [5, 5.41) is 0. The highest BCUT2D eigenvalue weighted by atomic mass is 19.4. The number of carbonyl (C=O) groups excluding carboxylic acids is 8. The van der Waals surface area contributed by atoms with Gasteiger partial charge in [-0.2, -0.15) is 22.0 Å². The zero-order valence-corrected chi connectivity index (χ0v) is 64.4. The standard InChI is InChI=1S/C17H26O2.2C12H20O2.C10H16O2.C8H14O2.C7H8F4O2.C7H12O2.C6H7F3O2/c1-11(2)15(18)19-16(3,4)17-8-12-5-13(9-17)7-14(6-12)10-17;1-9(2)11(13)14-12(10(3)4)7-5-6-8-12;1-4-12(8-6-5-7-9-12)14-11(13)10(2)3;1-8(2)10(11)12-9-6-4-3-5-7-9;1-6(2)5-10-8(9)7(3)4;1-4(2)5(12)13-3-7(10,11)6(8)9;1-5(2)7(8)9-6(3)4;1-4(2)5(10)11-3-6(7,8)9/h12-14H,1,5-10H2,2-4H3;10H,1,5-8H2,2-4H3;2,4-9H2,1,3H3;9H,1,3-7H2,2H3;6H,3,5H2,1-2,4H3;6H,1,3H2,2H3;6H,1H2,2-4H3;1,3H2,2H3. The highest BCUT2D eigenvalue weighted by molar-refractivity contribution is 5.90. The van der Waals surface area contributed by atoms with Crippen molar-refractivity contribution in [2.24, 2.45) is 35.0 Å². The van der Waals surface area contributed by atoms with Gasteiger partial charge in [-0.25, -0.2) is 47.1 Å². The zero-order valence-electron chi connectivity index (χ0n) is 64.4. The normalized spacial score (nSPS) is 19.6. The van der Waals surface area contributed by atoms with Crippen molar-refractivity contribution in [1.29, 1.82) is 0 Å². The third-order valence-corrected chi connectivity index (χ3v) is 17.8. The number of carbonyl (C=O) groups is 8. The van der Waals surface area contributed by atoms with Gasteiger partial charge < -0.3 is 37.9 Å². The first-order valence-corrected chi connectivity index (χ1v) is 35.4. The number of esters is 8. The van der Waals surface area contributed by atoms with E-state index in [4.69, 9.17) is 28.4 Å². The molecule has 16 nitrogen and oxygen atoms in total. The van der Waals surface area contributed by atoms with E-state index in [1.54, 1.807) is 55.4 Å². The minimum atomic E-state index is -4.47. The molecule has 0 spiro atoms. The van der Waals surface area contributed by atoms with Crippen LogP contribution in [0.1, 0.15) is 253 Å². The molecule has 0 radical (unpaired) electrons. The Morgan fingerprint density at radius 1 is 0.461 bits per heavy atom. The summed E-state index contributed by atoms with van der Waals surface area (Å²) in [6.45, 7) is 55.7. The molecule has 0 atom stereocenters. The predicted octanol–water partition coefficient (Wildman–Crippen LogP) is 19.8. The van der Waals surface area contributed by atoms with Gasteiger partial charge in [-0.05, 0) is 235 Å². The van der Waals surface area contributed by atoms with Crippen molar-refractivity contribution in [2.45, 2.75) is 300 Å². The van der Waals surface area contributed by atoms with Crippen molar-refractivity contribution >= 4 is 47.8 Å². The van der Waals surface area contributed by atoms with Gasteiger partial charge in [0.15, 0.2) is 13.2 Å². The third-order valence-electron chi connectivity index (χ3n) is 17.8. The fraction of sp³-hybridized carbons (Fsp3) is 0.696. The van der Waals surface area contributed by atoms with Crippen LogP contribution >= 0.6 is 0 Å². The second kappa shape index (κ2) is 46.1. The van der Waals surface area contributed by atoms with Crippen LogP contribution in [0, 0.1) is 35.0 Å². The van der Waals surface area contributed by atoms with E-state index in [0.29, 0.717) is 51.9 Å². The van der Waals surface area contributed by atoms with Crippen LogP contribution in [0.5, 0.6) is 0 Å². The molecule has 7 rings (SSSR count). The van der Waals surface area contributed by atoms with Gasteiger partial charge in [-0.15, -0.1) is 0 Å². The summed E-state index contributed by atoms with van der Waals surface area (Å²) in [7, 11) is 0. The van der Waals surface area contributed by atoms with E-state index in [0.717, 1.165) is 62.7 Å². The fourth-order valence-corrected chi connectivity index (χ4v) is 12.1. The van der Waals surface area contributed by atoms with E-state index < -0.39 is 43.7 Å². The molecule has 0 aromatic heterocycles. The number of ether oxygens (including phenoxy) is 8. The number of hydrogen-bond donors (Lipinski definition) is 0. The summed E-state index contributed by atoms with van der Waals surface area (Å²) < 4.78 is 121. The van der Waals surface area contributed by atoms with Crippen molar-refractivity contribution in [1.82, 2.24) is 0 Å². The van der Waals surface area contributed by atoms with Crippen molar-refractivity contribution in [3.05, 3.63) is 97.2 Å². The summed E-state index contributed by atoms with van der Waals surface area (Å²) in [6.07, 6.45) is 16.5. The van der Waals surface area contributed by atoms with E-state index in [1.165, 1.54) is 104 Å². The molecule has 0 saturated heterocycles. The fourth-order valence-electron chi connectivity index (χ4n) is 12.1. The Morgan fingerprint density at radius 2 is 0.824 bits per heavy atom. The number of alkyl halides is 7.